The second kappa shape index (κ2) is 6.76. The Morgan fingerprint density at radius 3 is 2.95 bits per heavy atom. The number of epoxide rings is 1. The molecule has 0 radical (unpaired) electrons. The van der Waals surface area contributed by atoms with Crippen LogP contribution in [0.5, 0.6) is 5.75 Å². The van der Waals surface area contributed by atoms with Gasteiger partial charge in [-0.05, 0) is 50.0 Å². The van der Waals surface area contributed by atoms with Crippen LogP contribution in [0.3, 0.4) is 0 Å². The molecule has 0 bridgehead atoms. The molecule has 0 N–H and O–H groups in total. The first-order chi connectivity index (χ1) is 10.1. The van der Waals surface area contributed by atoms with Gasteiger partial charge in [-0.3, -0.25) is 0 Å². The molecule has 0 spiro atoms. The van der Waals surface area contributed by atoms with E-state index in [9.17, 15) is 4.79 Å². The minimum atomic E-state index is -0.346. The molecule has 114 valence electrons. The highest BCUT2D eigenvalue weighted by Gasteiger charge is 2.49. The van der Waals surface area contributed by atoms with E-state index in [1.165, 1.54) is 18.7 Å². The molecule has 0 saturated carbocycles. The van der Waals surface area contributed by atoms with Crippen LogP contribution < -0.4 is 4.74 Å². The lowest BCUT2D eigenvalue weighted by Crippen LogP contribution is -2.07. The van der Waals surface area contributed by atoms with Crippen molar-refractivity contribution in [1.82, 2.24) is 0 Å². The zero-order valence-corrected chi connectivity index (χ0v) is 12.8. The van der Waals surface area contributed by atoms with E-state index in [1.807, 2.05) is 19.1 Å². The van der Waals surface area contributed by atoms with Crippen molar-refractivity contribution in [2.45, 2.75) is 37.9 Å². The first-order valence-corrected chi connectivity index (χ1v) is 7.15. The van der Waals surface area contributed by atoms with Crippen molar-refractivity contribution in [3.63, 3.8) is 0 Å². The molecule has 2 rings (SSSR count). The Kier molecular flexibility index (Phi) is 5.02. The molecule has 1 fully saturated rings. The van der Waals surface area contributed by atoms with Crippen LogP contribution >= 0.6 is 0 Å². The lowest BCUT2D eigenvalue weighted by atomic mass is 10.0. The van der Waals surface area contributed by atoms with Gasteiger partial charge in [0.25, 0.3) is 0 Å². The highest BCUT2D eigenvalue weighted by atomic mass is 16.6. The van der Waals surface area contributed by atoms with E-state index < -0.39 is 0 Å². The molecule has 21 heavy (non-hydrogen) atoms. The van der Waals surface area contributed by atoms with Crippen LogP contribution in [-0.4, -0.2) is 31.9 Å². The van der Waals surface area contributed by atoms with Gasteiger partial charge in [0.1, 0.15) is 11.4 Å². The lowest BCUT2D eigenvalue weighted by molar-refractivity contribution is -0.134. The number of carbonyl (C=O) groups is 1. The molecule has 0 amide bonds. The Hall–Kier alpha value is -1.81. The summed E-state index contributed by atoms with van der Waals surface area (Å²) in [5.74, 6) is 0.544. The summed E-state index contributed by atoms with van der Waals surface area (Å²) in [6, 6.07) is 8.12. The fraction of sp³-hybridized carbons (Fsp3) is 0.471. The van der Waals surface area contributed by atoms with Gasteiger partial charge in [0, 0.05) is 6.08 Å². The number of esters is 1. The van der Waals surface area contributed by atoms with E-state index in [0.29, 0.717) is 0 Å². The van der Waals surface area contributed by atoms with Gasteiger partial charge in [-0.2, -0.15) is 0 Å². The van der Waals surface area contributed by atoms with E-state index in [1.54, 1.807) is 13.2 Å². The Bertz CT molecular complexity index is 523. The zero-order valence-electron chi connectivity index (χ0n) is 12.8. The van der Waals surface area contributed by atoms with Gasteiger partial charge in [-0.1, -0.05) is 12.1 Å². The molecule has 4 nitrogen and oxygen atoms in total. The minimum absolute atomic E-state index is 0.184. The van der Waals surface area contributed by atoms with Crippen molar-refractivity contribution in [3.8, 4) is 5.75 Å². The van der Waals surface area contributed by atoms with Gasteiger partial charge < -0.3 is 14.2 Å². The van der Waals surface area contributed by atoms with Crippen LogP contribution in [0.2, 0.25) is 0 Å². The van der Waals surface area contributed by atoms with E-state index in [4.69, 9.17) is 9.47 Å². The molecule has 1 heterocycles. The number of rotatable bonds is 7. The molecule has 0 aliphatic carbocycles. The van der Waals surface area contributed by atoms with Gasteiger partial charge in [0.05, 0.1) is 20.3 Å². The highest BCUT2D eigenvalue weighted by molar-refractivity contribution is 5.82. The van der Waals surface area contributed by atoms with E-state index >= 15 is 0 Å². The van der Waals surface area contributed by atoms with Crippen LogP contribution in [0.15, 0.2) is 36.4 Å². The Balaban J connectivity index is 1.75. The number of ether oxygens (including phenoxy) is 3. The van der Waals surface area contributed by atoms with E-state index in [-0.39, 0.29) is 17.7 Å². The third-order valence-corrected chi connectivity index (χ3v) is 3.80. The van der Waals surface area contributed by atoms with E-state index in [2.05, 4.69) is 16.9 Å². The normalized spacial score (nSPS) is 24.0. The van der Waals surface area contributed by atoms with Crippen LogP contribution in [0, 0.1) is 0 Å². The largest absolute Gasteiger partial charge is 0.497 e. The second-order valence-corrected chi connectivity index (χ2v) is 5.39. The maximum absolute atomic E-state index is 11.1. The average Bonchev–Trinajstić information content (AvgIpc) is 3.16. The highest BCUT2D eigenvalue weighted by Crippen LogP contribution is 2.40. The predicted octanol–water partition coefficient (Wildman–Crippen LogP) is 2.90. The first-order valence-electron chi connectivity index (χ1n) is 7.15. The third-order valence-electron chi connectivity index (χ3n) is 3.80. The molecule has 0 unspecified atom stereocenters. The summed E-state index contributed by atoms with van der Waals surface area (Å²) in [6.45, 7) is 1.99. The molecule has 4 heteroatoms. The minimum Gasteiger partial charge on any atom is -0.497 e. The van der Waals surface area contributed by atoms with Gasteiger partial charge in [-0.15, -0.1) is 0 Å². The summed E-state index contributed by atoms with van der Waals surface area (Å²) < 4.78 is 15.5. The molecule has 0 aromatic heterocycles. The molecular weight excluding hydrogens is 268 g/mol. The standard InChI is InChI=1S/C17H22O4/c1-17(11-10-16(18)20-3)15(21-17)9-5-7-13-6-4-8-14(12-13)19-2/h4,6,8,10-12,15H,5,7,9H2,1-3H3/b11-10+/t15-,17-/m1/s1. The van der Waals surface area contributed by atoms with Gasteiger partial charge >= 0.3 is 5.97 Å². The number of aryl methyl sites for hydroxylation is 1. The average molecular weight is 290 g/mol. The second-order valence-electron chi connectivity index (χ2n) is 5.39. The monoisotopic (exact) mass is 290 g/mol. The summed E-state index contributed by atoms with van der Waals surface area (Å²) in [5.41, 5.74) is 0.949. The van der Waals surface area contributed by atoms with Crippen molar-refractivity contribution in [3.05, 3.63) is 42.0 Å². The van der Waals surface area contributed by atoms with Gasteiger partial charge in [-0.25, -0.2) is 4.79 Å². The van der Waals surface area contributed by atoms with Crippen molar-refractivity contribution in [2.75, 3.05) is 14.2 Å². The summed E-state index contributed by atoms with van der Waals surface area (Å²) in [7, 11) is 3.05. The Morgan fingerprint density at radius 1 is 1.43 bits per heavy atom. The van der Waals surface area contributed by atoms with E-state index in [0.717, 1.165) is 25.0 Å². The summed E-state index contributed by atoms with van der Waals surface area (Å²) in [4.78, 5) is 11.1. The van der Waals surface area contributed by atoms with Crippen molar-refractivity contribution in [1.29, 1.82) is 0 Å². The number of hydrogen-bond donors (Lipinski definition) is 0. The lowest BCUT2D eigenvalue weighted by Gasteiger charge is -2.04. The maximum atomic E-state index is 11.1. The number of carbonyl (C=O) groups excluding carboxylic acids is 1. The Labute approximate surface area is 125 Å². The van der Waals surface area contributed by atoms with Gasteiger partial charge in [0.2, 0.25) is 0 Å². The van der Waals surface area contributed by atoms with Crippen LogP contribution in [0.4, 0.5) is 0 Å². The van der Waals surface area contributed by atoms with Gasteiger partial charge in [0.15, 0.2) is 0 Å². The summed E-state index contributed by atoms with van der Waals surface area (Å²) >= 11 is 0. The topological polar surface area (TPSA) is 48.1 Å². The van der Waals surface area contributed by atoms with Crippen molar-refractivity contribution in [2.24, 2.45) is 0 Å². The zero-order chi connectivity index (χ0) is 15.3. The molecule has 2 atom stereocenters. The van der Waals surface area contributed by atoms with Crippen LogP contribution in [-0.2, 0) is 20.7 Å². The maximum Gasteiger partial charge on any atom is 0.330 e. The molecule has 1 aromatic carbocycles. The predicted molar refractivity (Wildman–Crippen MR) is 80.4 cm³/mol. The number of hydrogen-bond acceptors (Lipinski definition) is 4. The SMILES string of the molecule is COC(=O)/C=C/[C@@]1(C)O[C@@H]1CCCc1cccc(OC)c1. The fourth-order valence-corrected chi connectivity index (χ4v) is 2.39. The molecule has 1 aromatic rings. The Morgan fingerprint density at radius 2 is 2.24 bits per heavy atom. The number of methoxy groups -OCH3 is 2. The number of benzene rings is 1. The molecule has 1 aliphatic rings. The third kappa shape index (κ3) is 4.33. The van der Waals surface area contributed by atoms with Crippen LogP contribution in [0.1, 0.15) is 25.3 Å². The fourth-order valence-electron chi connectivity index (χ4n) is 2.39. The summed E-state index contributed by atoms with van der Waals surface area (Å²) in [5, 5.41) is 0. The van der Waals surface area contributed by atoms with Crippen molar-refractivity contribution >= 4 is 5.97 Å². The van der Waals surface area contributed by atoms with Crippen molar-refractivity contribution < 1.29 is 19.0 Å². The molecular formula is C17H22O4. The smallest absolute Gasteiger partial charge is 0.330 e. The first kappa shape index (κ1) is 15.6. The van der Waals surface area contributed by atoms with Crippen LogP contribution in [0.25, 0.3) is 0 Å². The molecule has 1 aliphatic heterocycles. The molecule has 1 saturated heterocycles. The quantitative estimate of drug-likeness (QED) is 0.440. The summed E-state index contributed by atoms with van der Waals surface area (Å²) in [6.07, 6.45) is 6.41.